The number of carboxylic acid groups (broad SMARTS) is 1. The van der Waals surface area contributed by atoms with Gasteiger partial charge in [0.2, 0.25) is 0 Å². The molecule has 0 saturated heterocycles. The van der Waals surface area contributed by atoms with Crippen molar-refractivity contribution in [3.8, 4) is 11.5 Å². The van der Waals surface area contributed by atoms with Gasteiger partial charge in [-0.15, -0.1) is 0 Å². The van der Waals surface area contributed by atoms with Gasteiger partial charge < -0.3 is 39.2 Å². The van der Waals surface area contributed by atoms with E-state index in [0.717, 1.165) is 24.0 Å². The van der Waals surface area contributed by atoms with Crippen molar-refractivity contribution in [2.45, 2.75) is 121 Å². The minimum atomic E-state index is -1.37. The second kappa shape index (κ2) is 11.4. The number of benzene rings is 1. The van der Waals surface area contributed by atoms with E-state index in [9.17, 15) is 24.3 Å². The predicted octanol–water partition coefficient (Wildman–Crippen LogP) is 3.42. The summed E-state index contributed by atoms with van der Waals surface area (Å²) in [6, 6.07) is 2.56. The Hall–Kier alpha value is -3.54. The molecule has 12 heteroatoms. The SMILES string of the molecule is COc1ccc2c3c1O[C@H]1C(OC(=O)[C@H](C)OC(=O)[C@H](CCC(=O)O)NC(=O)OC(C)(C)C)CC[C@@]4(O)[C@@H](C2)C(C)CC[C@]314. The van der Waals surface area contributed by atoms with Gasteiger partial charge in [-0.3, -0.25) is 4.79 Å². The standard InChI is InChI=1S/C32H43NO11/c1-16-11-13-31-24-18-7-9-21(40-6)25(24)43-26(31)22(12-14-32(31,39)19(16)15-18)42-27(36)17(2)41-28(37)20(8-10-23(34)35)33-29(38)44-30(3,4)5/h7,9,16-17,19-20,22,26,39H,8,10-15H2,1-6H3,(H,33,38)(H,34,35)/t16?,17-,19-,20-,22?,26-,31-,32+/m0/s1. The van der Waals surface area contributed by atoms with Gasteiger partial charge >= 0.3 is 24.0 Å². The maximum absolute atomic E-state index is 13.3. The van der Waals surface area contributed by atoms with Crippen molar-refractivity contribution in [3.05, 3.63) is 23.3 Å². The van der Waals surface area contributed by atoms with Crippen LogP contribution in [0.5, 0.6) is 11.5 Å². The Bertz CT molecular complexity index is 1340. The van der Waals surface area contributed by atoms with Crippen LogP contribution in [-0.4, -0.2) is 76.9 Å². The van der Waals surface area contributed by atoms with Crippen LogP contribution in [0.2, 0.25) is 0 Å². The fraction of sp³-hybridized carbons (Fsp3) is 0.688. The zero-order valence-electron chi connectivity index (χ0n) is 26.1. The lowest BCUT2D eigenvalue weighted by molar-refractivity contribution is -0.218. The van der Waals surface area contributed by atoms with Gasteiger partial charge in [0.05, 0.1) is 18.1 Å². The summed E-state index contributed by atoms with van der Waals surface area (Å²) in [5.41, 5.74) is -0.600. The molecule has 1 aromatic rings. The average Bonchev–Trinajstić information content (AvgIpc) is 3.29. The summed E-state index contributed by atoms with van der Waals surface area (Å²) < 4.78 is 28.7. The van der Waals surface area contributed by atoms with Gasteiger partial charge in [0, 0.05) is 12.0 Å². The van der Waals surface area contributed by atoms with E-state index in [2.05, 4.69) is 12.2 Å². The highest BCUT2D eigenvalue weighted by Gasteiger charge is 2.73. The lowest BCUT2D eigenvalue weighted by Gasteiger charge is -2.62. The maximum atomic E-state index is 13.3. The number of hydrogen-bond donors (Lipinski definition) is 3. The van der Waals surface area contributed by atoms with Crippen LogP contribution in [0.1, 0.15) is 84.3 Å². The Balaban J connectivity index is 1.33. The van der Waals surface area contributed by atoms with Gasteiger partial charge in [-0.25, -0.2) is 14.4 Å². The minimum Gasteiger partial charge on any atom is -0.493 e. The molecule has 1 heterocycles. The van der Waals surface area contributed by atoms with Crippen molar-refractivity contribution in [1.29, 1.82) is 0 Å². The van der Waals surface area contributed by atoms with Crippen LogP contribution in [0.4, 0.5) is 4.79 Å². The highest BCUT2D eigenvalue weighted by atomic mass is 16.6. The highest BCUT2D eigenvalue weighted by molar-refractivity contribution is 5.85. The maximum Gasteiger partial charge on any atom is 0.408 e. The molecule has 2 fully saturated rings. The summed E-state index contributed by atoms with van der Waals surface area (Å²) in [4.78, 5) is 49.8. The van der Waals surface area contributed by atoms with Gasteiger partial charge in [0.1, 0.15) is 23.9 Å². The molecule has 2 bridgehead atoms. The molecule has 1 amide bonds. The number of carboxylic acids is 1. The van der Waals surface area contributed by atoms with Crippen LogP contribution < -0.4 is 14.8 Å². The summed E-state index contributed by atoms with van der Waals surface area (Å²) in [5.74, 6) is -1.49. The average molecular weight is 618 g/mol. The van der Waals surface area contributed by atoms with E-state index in [1.807, 2.05) is 12.1 Å². The fourth-order valence-corrected chi connectivity index (χ4v) is 7.87. The molecular formula is C32H43NO11. The molecule has 1 aromatic carbocycles. The van der Waals surface area contributed by atoms with Crippen LogP contribution in [0.25, 0.3) is 0 Å². The quantitative estimate of drug-likeness (QED) is 0.274. The van der Waals surface area contributed by atoms with E-state index in [1.54, 1.807) is 27.9 Å². The van der Waals surface area contributed by atoms with Crippen molar-refractivity contribution >= 4 is 24.0 Å². The fourth-order valence-electron chi connectivity index (χ4n) is 7.87. The summed E-state index contributed by atoms with van der Waals surface area (Å²) in [7, 11) is 1.57. The van der Waals surface area contributed by atoms with Crippen LogP contribution in [0, 0.1) is 11.8 Å². The number of alkyl carbamates (subject to hydrolysis) is 1. The zero-order valence-corrected chi connectivity index (χ0v) is 26.1. The third-order valence-electron chi connectivity index (χ3n) is 9.77. The van der Waals surface area contributed by atoms with Crippen molar-refractivity contribution < 1.29 is 53.1 Å². The number of aliphatic carboxylic acids is 1. The Morgan fingerprint density at radius 1 is 1.14 bits per heavy atom. The first-order valence-electron chi connectivity index (χ1n) is 15.3. The number of carbonyl (C=O) groups is 4. The number of ether oxygens (including phenoxy) is 5. The molecule has 3 aliphatic carbocycles. The van der Waals surface area contributed by atoms with E-state index in [1.165, 1.54) is 6.92 Å². The van der Waals surface area contributed by atoms with Gasteiger partial charge in [-0.2, -0.15) is 0 Å². The minimum absolute atomic E-state index is 0.0333. The molecule has 242 valence electrons. The van der Waals surface area contributed by atoms with Gasteiger partial charge in [0.25, 0.3) is 0 Å². The predicted molar refractivity (Wildman–Crippen MR) is 154 cm³/mol. The molecule has 12 nitrogen and oxygen atoms in total. The van der Waals surface area contributed by atoms with Crippen LogP contribution >= 0.6 is 0 Å². The van der Waals surface area contributed by atoms with Gasteiger partial charge in [-0.05, 0) is 89.7 Å². The van der Waals surface area contributed by atoms with E-state index < -0.39 is 71.4 Å². The van der Waals surface area contributed by atoms with E-state index in [-0.39, 0.29) is 12.3 Å². The van der Waals surface area contributed by atoms with E-state index in [4.69, 9.17) is 28.8 Å². The van der Waals surface area contributed by atoms with Crippen LogP contribution in [-0.2, 0) is 40.4 Å². The monoisotopic (exact) mass is 617 g/mol. The number of esters is 2. The van der Waals surface area contributed by atoms with Crippen molar-refractivity contribution in [2.75, 3.05) is 7.11 Å². The molecule has 4 aliphatic rings. The molecule has 2 saturated carbocycles. The number of aliphatic hydroxyl groups is 1. The Morgan fingerprint density at radius 2 is 1.86 bits per heavy atom. The largest absolute Gasteiger partial charge is 0.493 e. The second-order valence-electron chi connectivity index (χ2n) is 13.6. The van der Waals surface area contributed by atoms with Crippen molar-refractivity contribution in [2.24, 2.45) is 11.8 Å². The lowest BCUT2D eigenvalue weighted by atomic mass is 9.43. The van der Waals surface area contributed by atoms with Crippen LogP contribution in [0.15, 0.2) is 12.1 Å². The smallest absolute Gasteiger partial charge is 0.408 e. The Labute approximate surface area is 256 Å². The molecule has 5 rings (SSSR count). The van der Waals surface area contributed by atoms with E-state index in [0.29, 0.717) is 36.7 Å². The molecule has 1 aliphatic heterocycles. The molecule has 1 spiro atoms. The summed E-state index contributed by atoms with van der Waals surface area (Å²) in [6.07, 6.45) is -1.31. The van der Waals surface area contributed by atoms with Crippen molar-refractivity contribution in [1.82, 2.24) is 5.32 Å². The molecule has 8 atom stereocenters. The third kappa shape index (κ3) is 5.35. The summed E-state index contributed by atoms with van der Waals surface area (Å²) >= 11 is 0. The number of rotatable bonds is 9. The molecule has 0 aromatic heterocycles. The number of carbonyl (C=O) groups excluding carboxylic acids is 3. The zero-order chi connectivity index (χ0) is 32.2. The third-order valence-corrected chi connectivity index (χ3v) is 9.77. The van der Waals surface area contributed by atoms with Gasteiger partial charge in [-0.1, -0.05) is 13.0 Å². The first-order valence-corrected chi connectivity index (χ1v) is 15.3. The van der Waals surface area contributed by atoms with E-state index >= 15 is 0 Å². The van der Waals surface area contributed by atoms with Crippen molar-refractivity contribution in [3.63, 3.8) is 0 Å². The van der Waals surface area contributed by atoms with Crippen LogP contribution in [0.3, 0.4) is 0 Å². The Morgan fingerprint density at radius 3 is 2.52 bits per heavy atom. The Kier molecular flexibility index (Phi) is 8.28. The second-order valence-corrected chi connectivity index (χ2v) is 13.6. The lowest BCUT2D eigenvalue weighted by Crippen LogP contribution is -2.72. The van der Waals surface area contributed by atoms with Gasteiger partial charge in [0.15, 0.2) is 17.6 Å². The first-order chi connectivity index (χ1) is 20.6. The molecule has 3 N–H and O–H groups in total. The number of nitrogens with one attached hydrogen (secondary N) is 1. The highest BCUT2D eigenvalue weighted by Crippen LogP contribution is 2.68. The molecule has 2 unspecified atom stereocenters. The summed E-state index contributed by atoms with van der Waals surface area (Å²) in [6.45, 7) is 8.46. The number of amides is 1. The first kappa shape index (κ1) is 31.9. The number of methoxy groups -OCH3 is 1. The molecular weight excluding hydrogens is 574 g/mol. The summed E-state index contributed by atoms with van der Waals surface area (Å²) in [5, 5.41) is 23.9. The normalized spacial score (nSPS) is 31.0. The molecule has 44 heavy (non-hydrogen) atoms. The molecule has 0 radical (unpaired) electrons. The number of hydrogen-bond acceptors (Lipinski definition) is 10. The topological polar surface area (TPSA) is 167 Å².